The van der Waals surface area contributed by atoms with Crippen LogP contribution in [-0.2, 0) is 18.3 Å². The zero-order valence-corrected chi connectivity index (χ0v) is 16.0. The number of hydrogen-bond donors (Lipinski definition) is 2. The molecule has 0 spiro atoms. The summed E-state index contributed by atoms with van der Waals surface area (Å²) in [5, 5.41) is 6.86. The summed E-state index contributed by atoms with van der Waals surface area (Å²) in [7, 11) is 3.85. The number of guanidine groups is 1. The van der Waals surface area contributed by atoms with Gasteiger partial charge in [-0.15, -0.1) is 0 Å². The summed E-state index contributed by atoms with van der Waals surface area (Å²) < 4.78 is 8.17. The summed E-state index contributed by atoms with van der Waals surface area (Å²) in [6.07, 6.45) is 6.61. The van der Waals surface area contributed by atoms with E-state index in [0.29, 0.717) is 5.92 Å². The van der Waals surface area contributed by atoms with Crippen molar-refractivity contribution < 1.29 is 4.74 Å². The monoisotopic (exact) mass is 354 g/mol. The SMILES string of the molecule is CN=C(NCc1ccn(C)c1)NCC1CCCOC1c1ccc(C)cc1. The number of rotatable bonds is 5. The zero-order chi connectivity index (χ0) is 18.4. The van der Waals surface area contributed by atoms with E-state index >= 15 is 0 Å². The molecule has 0 amide bonds. The maximum atomic E-state index is 6.11. The molecule has 5 heteroatoms. The first-order valence-electron chi connectivity index (χ1n) is 9.39. The number of ether oxygens (including phenoxy) is 1. The van der Waals surface area contributed by atoms with Crippen LogP contribution in [0.4, 0.5) is 0 Å². The van der Waals surface area contributed by atoms with Gasteiger partial charge in [-0.2, -0.15) is 0 Å². The van der Waals surface area contributed by atoms with E-state index in [1.54, 1.807) is 0 Å². The first-order chi connectivity index (χ1) is 12.7. The predicted molar refractivity (Wildman–Crippen MR) is 106 cm³/mol. The molecule has 0 bridgehead atoms. The normalized spacial score (nSPS) is 20.8. The highest BCUT2D eigenvalue weighted by Crippen LogP contribution is 2.33. The fourth-order valence-corrected chi connectivity index (χ4v) is 3.48. The summed E-state index contributed by atoms with van der Waals surface area (Å²) >= 11 is 0. The first-order valence-corrected chi connectivity index (χ1v) is 9.39. The Morgan fingerprint density at radius 1 is 1.23 bits per heavy atom. The van der Waals surface area contributed by atoms with Crippen LogP contribution in [0.15, 0.2) is 47.7 Å². The largest absolute Gasteiger partial charge is 0.373 e. The van der Waals surface area contributed by atoms with E-state index in [1.165, 1.54) is 23.1 Å². The van der Waals surface area contributed by atoms with E-state index in [9.17, 15) is 0 Å². The second-order valence-corrected chi connectivity index (χ2v) is 7.10. The summed E-state index contributed by atoms with van der Waals surface area (Å²) in [5.74, 6) is 1.28. The molecule has 0 aliphatic carbocycles. The smallest absolute Gasteiger partial charge is 0.191 e. The van der Waals surface area contributed by atoms with E-state index in [1.807, 2.05) is 14.1 Å². The van der Waals surface area contributed by atoms with Crippen molar-refractivity contribution in [2.75, 3.05) is 20.2 Å². The van der Waals surface area contributed by atoms with Crippen molar-refractivity contribution in [1.82, 2.24) is 15.2 Å². The fourth-order valence-electron chi connectivity index (χ4n) is 3.48. The van der Waals surface area contributed by atoms with Crippen LogP contribution in [0.1, 0.15) is 35.6 Å². The van der Waals surface area contributed by atoms with Crippen LogP contribution in [-0.4, -0.2) is 30.7 Å². The van der Waals surface area contributed by atoms with E-state index in [-0.39, 0.29) is 6.10 Å². The molecular weight excluding hydrogens is 324 g/mol. The van der Waals surface area contributed by atoms with Gasteiger partial charge in [0.2, 0.25) is 0 Å². The van der Waals surface area contributed by atoms with Crippen LogP contribution in [0.25, 0.3) is 0 Å². The Morgan fingerprint density at radius 3 is 2.73 bits per heavy atom. The lowest BCUT2D eigenvalue weighted by Crippen LogP contribution is -2.41. The van der Waals surface area contributed by atoms with Gasteiger partial charge in [-0.1, -0.05) is 29.8 Å². The molecule has 0 radical (unpaired) electrons. The highest BCUT2D eigenvalue weighted by atomic mass is 16.5. The Labute approximate surface area is 156 Å². The molecule has 1 fully saturated rings. The van der Waals surface area contributed by atoms with Crippen molar-refractivity contribution in [3.8, 4) is 0 Å². The molecule has 140 valence electrons. The third kappa shape index (κ3) is 4.88. The molecule has 1 aromatic heterocycles. The minimum Gasteiger partial charge on any atom is -0.373 e. The van der Waals surface area contributed by atoms with Crippen molar-refractivity contribution in [2.24, 2.45) is 18.0 Å². The highest BCUT2D eigenvalue weighted by molar-refractivity contribution is 5.79. The molecule has 2 heterocycles. The van der Waals surface area contributed by atoms with Crippen molar-refractivity contribution in [1.29, 1.82) is 0 Å². The van der Waals surface area contributed by atoms with Gasteiger partial charge >= 0.3 is 0 Å². The lowest BCUT2D eigenvalue weighted by atomic mass is 9.89. The van der Waals surface area contributed by atoms with Gasteiger partial charge < -0.3 is 19.9 Å². The standard InChI is InChI=1S/C21H30N4O/c1-16-6-8-18(9-7-16)20-19(5-4-12-26-20)14-24-21(22-2)23-13-17-10-11-25(3)15-17/h6-11,15,19-20H,4-5,12-14H2,1-3H3,(H2,22,23,24). The third-order valence-corrected chi connectivity index (χ3v) is 4.96. The summed E-state index contributed by atoms with van der Waals surface area (Å²) in [6, 6.07) is 10.8. The number of aliphatic imine (C=N–C) groups is 1. The van der Waals surface area contributed by atoms with Crippen LogP contribution in [0.3, 0.4) is 0 Å². The maximum Gasteiger partial charge on any atom is 0.191 e. The topological polar surface area (TPSA) is 50.6 Å². The Morgan fingerprint density at radius 2 is 2.04 bits per heavy atom. The average Bonchev–Trinajstić information content (AvgIpc) is 3.08. The Balaban J connectivity index is 1.55. The molecule has 2 unspecified atom stereocenters. The number of nitrogens with zero attached hydrogens (tertiary/aromatic N) is 2. The van der Waals surface area contributed by atoms with Gasteiger partial charge in [-0.05, 0) is 37.0 Å². The Bertz CT molecular complexity index is 720. The lowest BCUT2D eigenvalue weighted by molar-refractivity contribution is -0.0265. The van der Waals surface area contributed by atoms with Gasteiger partial charge in [0.15, 0.2) is 5.96 Å². The van der Waals surface area contributed by atoms with E-state index < -0.39 is 0 Å². The summed E-state index contributed by atoms with van der Waals surface area (Å²) in [4.78, 5) is 4.35. The van der Waals surface area contributed by atoms with Crippen molar-refractivity contribution in [2.45, 2.75) is 32.4 Å². The highest BCUT2D eigenvalue weighted by Gasteiger charge is 2.27. The number of nitrogens with one attached hydrogen (secondary N) is 2. The Hall–Kier alpha value is -2.27. The quantitative estimate of drug-likeness (QED) is 0.640. The van der Waals surface area contributed by atoms with E-state index in [2.05, 4.69) is 69.8 Å². The first kappa shape index (κ1) is 18.5. The molecule has 1 aliphatic heterocycles. The third-order valence-electron chi connectivity index (χ3n) is 4.96. The predicted octanol–water partition coefficient (Wildman–Crippen LogP) is 3.17. The second-order valence-electron chi connectivity index (χ2n) is 7.10. The zero-order valence-electron chi connectivity index (χ0n) is 16.0. The molecule has 2 atom stereocenters. The Kier molecular flexibility index (Phi) is 6.34. The molecule has 3 rings (SSSR count). The lowest BCUT2D eigenvalue weighted by Gasteiger charge is -2.32. The minimum atomic E-state index is 0.157. The van der Waals surface area contributed by atoms with Crippen LogP contribution >= 0.6 is 0 Å². The van der Waals surface area contributed by atoms with Crippen LogP contribution in [0.2, 0.25) is 0 Å². The van der Waals surface area contributed by atoms with Crippen molar-refractivity contribution >= 4 is 5.96 Å². The average molecular weight is 354 g/mol. The number of aryl methyl sites for hydroxylation is 2. The van der Waals surface area contributed by atoms with Crippen LogP contribution in [0, 0.1) is 12.8 Å². The molecule has 5 nitrogen and oxygen atoms in total. The van der Waals surface area contributed by atoms with Gasteiger partial charge in [0.1, 0.15) is 0 Å². The molecule has 1 aromatic carbocycles. The van der Waals surface area contributed by atoms with Crippen LogP contribution in [0.5, 0.6) is 0 Å². The van der Waals surface area contributed by atoms with Crippen molar-refractivity contribution in [3.05, 3.63) is 59.4 Å². The molecule has 0 saturated carbocycles. The molecule has 26 heavy (non-hydrogen) atoms. The van der Waals surface area contributed by atoms with Crippen molar-refractivity contribution in [3.63, 3.8) is 0 Å². The van der Waals surface area contributed by atoms with E-state index in [0.717, 1.165) is 32.1 Å². The van der Waals surface area contributed by atoms with Crippen LogP contribution < -0.4 is 10.6 Å². The number of benzene rings is 1. The molecule has 1 aliphatic rings. The van der Waals surface area contributed by atoms with Gasteiger partial charge in [-0.25, -0.2) is 0 Å². The van der Waals surface area contributed by atoms with Gasteiger partial charge in [-0.3, -0.25) is 4.99 Å². The minimum absolute atomic E-state index is 0.157. The van der Waals surface area contributed by atoms with E-state index in [4.69, 9.17) is 4.74 Å². The molecule has 2 aromatic rings. The number of hydrogen-bond acceptors (Lipinski definition) is 2. The maximum absolute atomic E-state index is 6.11. The molecule has 2 N–H and O–H groups in total. The summed E-state index contributed by atoms with van der Waals surface area (Å²) in [5.41, 5.74) is 3.80. The fraction of sp³-hybridized carbons (Fsp3) is 0.476. The second kappa shape index (κ2) is 8.90. The molecule has 1 saturated heterocycles. The van der Waals surface area contributed by atoms with Gasteiger partial charge in [0.05, 0.1) is 6.10 Å². The molecular formula is C21H30N4O. The van der Waals surface area contributed by atoms with Gasteiger partial charge in [0.25, 0.3) is 0 Å². The number of aromatic nitrogens is 1. The summed E-state index contributed by atoms with van der Waals surface area (Å²) in [6.45, 7) is 4.58. The van der Waals surface area contributed by atoms with Gasteiger partial charge in [0, 0.05) is 52.1 Å².